The number of anilines is 1. The molecular weight excluding hydrogens is 371 g/mol. The van der Waals surface area contributed by atoms with Gasteiger partial charge < -0.3 is 20.1 Å². The van der Waals surface area contributed by atoms with E-state index in [1.807, 2.05) is 19.9 Å². The summed E-state index contributed by atoms with van der Waals surface area (Å²) in [4.78, 5) is 11.3. The monoisotopic (exact) mass is 402 g/mol. The van der Waals surface area contributed by atoms with Crippen LogP contribution in [0.4, 0.5) is 10.1 Å². The van der Waals surface area contributed by atoms with Crippen LogP contribution in [0.3, 0.4) is 0 Å². The number of aromatic nitrogens is 2. The number of hydrogen-bond acceptors (Lipinski definition) is 5. The summed E-state index contributed by atoms with van der Waals surface area (Å²) in [6.07, 6.45) is 2.57. The van der Waals surface area contributed by atoms with Gasteiger partial charge in [-0.3, -0.25) is 4.99 Å². The number of hydrogen-bond donors (Lipinski definition) is 2. The van der Waals surface area contributed by atoms with Gasteiger partial charge in [-0.25, -0.2) is 4.39 Å². The van der Waals surface area contributed by atoms with E-state index in [1.165, 1.54) is 6.07 Å². The Hall–Kier alpha value is -2.64. The van der Waals surface area contributed by atoms with Gasteiger partial charge in [0.25, 0.3) is 0 Å². The number of piperidine rings is 1. The van der Waals surface area contributed by atoms with Crippen LogP contribution in [0.15, 0.2) is 33.8 Å². The van der Waals surface area contributed by atoms with Crippen molar-refractivity contribution in [2.75, 3.05) is 31.1 Å². The predicted octanol–water partition coefficient (Wildman–Crippen LogP) is 3.10. The van der Waals surface area contributed by atoms with Crippen molar-refractivity contribution in [1.29, 1.82) is 0 Å². The van der Waals surface area contributed by atoms with Gasteiger partial charge in [-0.15, -0.1) is 0 Å². The molecule has 0 bridgehead atoms. The third kappa shape index (κ3) is 6.17. The lowest BCUT2D eigenvalue weighted by atomic mass is 10.0. The highest BCUT2D eigenvalue weighted by molar-refractivity contribution is 5.80. The number of rotatable bonds is 7. The molecule has 0 unspecified atom stereocenters. The maximum Gasteiger partial charge on any atom is 0.228 e. The van der Waals surface area contributed by atoms with E-state index in [4.69, 9.17) is 4.52 Å². The Balaban J connectivity index is 1.49. The summed E-state index contributed by atoms with van der Waals surface area (Å²) in [6.45, 7) is 9.29. The summed E-state index contributed by atoms with van der Waals surface area (Å²) in [6, 6.07) is 7.15. The lowest BCUT2D eigenvalue weighted by Crippen LogP contribution is -2.48. The summed E-state index contributed by atoms with van der Waals surface area (Å²) in [5.74, 6) is 2.23. The summed E-state index contributed by atoms with van der Waals surface area (Å²) in [7, 11) is 0. The van der Waals surface area contributed by atoms with E-state index in [2.05, 4.69) is 37.6 Å². The van der Waals surface area contributed by atoms with E-state index in [9.17, 15) is 4.39 Å². The van der Waals surface area contributed by atoms with Gasteiger partial charge in [0.2, 0.25) is 5.89 Å². The molecule has 3 rings (SSSR count). The van der Waals surface area contributed by atoms with E-state index in [0.717, 1.165) is 49.9 Å². The Bertz CT molecular complexity index is 798. The highest BCUT2D eigenvalue weighted by atomic mass is 19.1. The summed E-state index contributed by atoms with van der Waals surface area (Å²) in [5, 5.41) is 10.8. The van der Waals surface area contributed by atoms with Crippen molar-refractivity contribution in [2.45, 2.75) is 52.0 Å². The van der Waals surface area contributed by atoms with Crippen LogP contribution in [0, 0.1) is 5.82 Å². The van der Waals surface area contributed by atoms with Gasteiger partial charge in [0, 0.05) is 43.7 Å². The lowest BCUT2D eigenvalue weighted by Gasteiger charge is -2.34. The Labute approximate surface area is 171 Å². The Morgan fingerprint density at radius 3 is 2.79 bits per heavy atom. The van der Waals surface area contributed by atoms with E-state index >= 15 is 0 Å². The van der Waals surface area contributed by atoms with E-state index in [0.29, 0.717) is 24.9 Å². The second-order valence-electron chi connectivity index (χ2n) is 7.60. The third-order valence-corrected chi connectivity index (χ3v) is 4.95. The zero-order valence-corrected chi connectivity index (χ0v) is 17.5. The van der Waals surface area contributed by atoms with Crippen LogP contribution in [0.5, 0.6) is 0 Å². The van der Waals surface area contributed by atoms with E-state index in [1.54, 1.807) is 12.1 Å². The Morgan fingerprint density at radius 1 is 1.34 bits per heavy atom. The number of guanidine groups is 1. The van der Waals surface area contributed by atoms with Crippen LogP contribution in [-0.4, -0.2) is 48.3 Å². The summed E-state index contributed by atoms with van der Waals surface area (Å²) in [5.41, 5.74) is 0.948. The van der Waals surface area contributed by atoms with Crippen molar-refractivity contribution in [3.63, 3.8) is 0 Å². The largest absolute Gasteiger partial charge is 0.371 e. The van der Waals surface area contributed by atoms with Crippen LogP contribution in [-0.2, 0) is 6.42 Å². The maximum absolute atomic E-state index is 13.5. The molecule has 1 saturated heterocycles. The molecule has 7 nitrogen and oxygen atoms in total. The van der Waals surface area contributed by atoms with Crippen molar-refractivity contribution in [3.05, 3.63) is 41.8 Å². The number of benzene rings is 1. The van der Waals surface area contributed by atoms with Crippen molar-refractivity contribution in [3.8, 4) is 0 Å². The molecule has 1 aliphatic rings. The first-order valence-electron chi connectivity index (χ1n) is 10.4. The molecule has 1 fully saturated rings. The SMILES string of the molecule is CCNC(=NCCc1nc(C(C)C)no1)NC1CCN(c2cccc(F)c2)CC1. The highest BCUT2D eigenvalue weighted by Gasteiger charge is 2.20. The molecule has 8 heteroatoms. The van der Waals surface area contributed by atoms with E-state index < -0.39 is 0 Å². The second-order valence-corrected chi connectivity index (χ2v) is 7.60. The van der Waals surface area contributed by atoms with Crippen LogP contribution in [0.1, 0.15) is 51.2 Å². The van der Waals surface area contributed by atoms with E-state index in [-0.39, 0.29) is 11.7 Å². The molecule has 2 heterocycles. The fraction of sp³-hybridized carbons (Fsp3) is 0.571. The van der Waals surface area contributed by atoms with Crippen LogP contribution < -0.4 is 15.5 Å². The fourth-order valence-electron chi connectivity index (χ4n) is 3.34. The predicted molar refractivity (Wildman–Crippen MR) is 113 cm³/mol. The topological polar surface area (TPSA) is 78.6 Å². The minimum Gasteiger partial charge on any atom is -0.371 e. The molecular formula is C21H31FN6O. The van der Waals surface area contributed by atoms with Gasteiger partial charge in [-0.2, -0.15) is 4.98 Å². The lowest BCUT2D eigenvalue weighted by molar-refractivity contribution is 0.372. The molecule has 0 atom stereocenters. The minimum atomic E-state index is -0.189. The summed E-state index contributed by atoms with van der Waals surface area (Å²) < 4.78 is 18.7. The first-order valence-corrected chi connectivity index (χ1v) is 10.4. The van der Waals surface area contributed by atoms with Gasteiger partial charge in [0.05, 0.1) is 6.54 Å². The van der Waals surface area contributed by atoms with Crippen LogP contribution in [0.2, 0.25) is 0 Å². The zero-order valence-electron chi connectivity index (χ0n) is 17.5. The quantitative estimate of drug-likeness (QED) is 0.547. The van der Waals surface area contributed by atoms with Crippen molar-refractivity contribution in [1.82, 2.24) is 20.8 Å². The first-order chi connectivity index (χ1) is 14.0. The van der Waals surface area contributed by atoms with Gasteiger partial charge in [0.1, 0.15) is 5.82 Å². The molecule has 0 amide bonds. The van der Waals surface area contributed by atoms with Gasteiger partial charge in [0.15, 0.2) is 11.8 Å². The van der Waals surface area contributed by atoms with Crippen molar-refractivity contribution >= 4 is 11.6 Å². The summed E-state index contributed by atoms with van der Waals surface area (Å²) >= 11 is 0. The molecule has 0 aliphatic carbocycles. The normalized spacial score (nSPS) is 15.8. The molecule has 158 valence electrons. The Kier molecular flexibility index (Phi) is 7.43. The molecule has 1 aromatic carbocycles. The molecule has 0 radical (unpaired) electrons. The highest BCUT2D eigenvalue weighted by Crippen LogP contribution is 2.20. The average Bonchev–Trinajstić information content (AvgIpc) is 3.18. The van der Waals surface area contributed by atoms with Crippen LogP contribution >= 0.6 is 0 Å². The standard InChI is InChI=1S/C21H31FN6O/c1-4-23-21(24-11-8-19-26-20(15(2)3)27-29-19)25-17-9-12-28(13-10-17)18-7-5-6-16(22)14-18/h5-7,14-15,17H,4,8-13H2,1-3H3,(H2,23,24,25). The molecule has 1 aromatic heterocycles. The van der Waals surface area contributed by atoms with Crippen molar-refractivity contribution in [2.24, 2.45) is 4.99 Å². The van der Waals surface area contributed by atoms with Crippen molar-refractivity contribution < 1.29 is 8.91 Å². The second kappa shape index (κ2) is 10.2. The third-order valence-electron chi connectivity index (χ3n) is 4.95. The molecule has 0 saturated carbocycles. The zero-order chi connectivity index (χ0) is 20.6. The number of nitrogens with zero attached hydrogens (tertiary/aromatic N) is 4. The molecule has 0 spiro atoms. The van der Waals surface area contributed by atoms with Gasteiger partial charge in [-0.1, -0.05) is 25.1 Å². The number of halogens is 1. The molecule has 2 aromatic rings. The first kappa shape index (κ1) is 21.1. The smallest absolute Gasteiger partial charge is 0.228 e. The fourth-order valence-corrected chi connectivity index (χ4v) is 3.34. The van der Waals surface area contributed by atoms with Gasteiger partial charge >= 0.3 is 0 Å². The molecule has 29 heavy (non-hydrogen) atoms. The molecule has 2 N–H and O–H groups in total. The number of nitrogens with one attached hydrogen (secondary N) is 2. The minimum absolute atomic E-state index is 0.189. The maximum atomic E-state index is 13.5. The Morgan fingerprint density at radius 2 is 2.14 bits per heavy atom. The number of aliphatic imine (C=N–C) groups is 1. The van der Waals surface area contributed by atoms with Crippen LogP contribution in [0.25, 0.3) is 0 Å². The average molecular weight is 403 g/mol. The molecule has 1 aliphatic heterocycles. The van der Waals surface area contributed by atoms with Gasteiger partial charge in [-0.05, 0) is 38.0 Å².